The van der Waals surface area contributed by atoms with E-state index in [1.54, 1.807) is 0 Å². The third-order valence-electron chi connectivity index (χ3n) is 4.08. The highest BCUT2D eigenvalue weighted by Gasteiger charge is 2.08. The summed E-state index contributed by atoms with van der Waals surface area (Å²) in [6.45, 7) is 4.31. The zero-order valence-corrected chi connectivity index (χ0v) is 14.4. The molecular weight excluding hydrogens is 318 g/mol. The van der Waals surface area contributed by atoms with Gasteiger partial charge < -0.3 is 14.8 Å². The van der Waals surface area contributed by atoms with E-state index in [4.69, 9.17) is 4.52 Å². The fourth-order valence-electron chi connectivity index (χ4n) is 2.75. The first-order valence-electron chi connectivity index (χ1n) is 8.33. The van der Waals surface area contributed by atoms with Gasteiger partial charge in [-0.15, -0.1) is 0 Å². The highest BCUT2D eigenvalue weighted by atomic mass is 16.5. The summed E-state index contributed by atoms with van der Waals surface area (Å²) in [5.74, 6) is 0.677. The van der Waals surface area contributed by atoms with Crippen LogP contribution in [-0.4, -0.2) is 22.6 Å². The normalized spacial score (nSPS) is 11.0. The summed E-state index contributed by atoms with van der Waals surface area (Å²) in [6.07, 6.45) is 1.31. The summed E-state index contributed by atoms with van der Waals surface area (Å²) in [7, 11) is 0. The molecule has 0 radical (unpaired) electrons. The van der Waals surface area contributed by atoms with Gasteiger partial charge in [0.1, 0.15) is 5.76 Å². The predicted octanol–water partition coefficient (Wildman–Crippen LogP) is 2.42. The Hall–Kier alpha value is -2.89. The molecule has 0 spiro atoms. The number of nitrogens with one attached hydrogen (secondary N) is 2. The zero-order valence-electron chi connectivity index (χ0n) is 14.4. The Labute approximate surface area is 145 Å². The number of aryl methyl sites for hydroxylation is 3. The van der Waals surface area contributed by atoms with Crippen molar-refractivity contribution in [2.75, 3.05) is 6.54 Å². The van der Waals surface area contributed by atoms with E-state index in [0.717, 1.165) is 27.9 Å². The van der Waals surface area contributed by atoms with Crippen molar-refractivity contribution in [3.05, 3.63) is 63.3 Å². The van der Waals surface area contributed by atoms with E-state index in [9.17, 15) is 9.59 Å². The molecule has 3 aromatic rings. The van der Waals surface area contributed by atoms with Crippen LogP contribution in [0.3, 0.4) is 0 Å². The third-order valence-corrected chi connectivity index (χ3v) is 4.08. The Morgan fingerprint density at radius 1 is 1.20 bits per heavy atom. The van der Waals surface area contributed by atoms with E-state index in [-0.39, 0.29) is 17.9 Å². The lowest BCUT2D eigenvalue weighted by Gasteiger charge is -2.05. The van der Waals surface area contributed by atoms with Crippen LogP contribution in [0, 0.1) is 13.8 Å². The third kappa shape index (κ3) is 4.35. The fourth-order valence-corrected chi connectivity index (χ4v) is 2.75. The quantitative estimate of drug-likeness (QED) is 0.722. The SMILES string of the molecule is Cc1ccc2cc(CCC(=O)NCCc3cc(C)on3)c(=O)[nH]c2c1. The first-order chi connectivity index (χ1) is 12.0. The Balaban J connectivity index is 1.54. The van der Waals surface area contributed by atoms with E-state index in [1.165, 1.54) is 0 Å². The van der Waals surface area contributed by atoms with Gasteiger partial charge in [0.05, 0.1) is 5.69 Å². The van der Waals surface area contributed by atoms with E-state index in [2.05, 4.69) is 15.5 Å². The molecule has 1 aromatic carbocycles. The number of carbonyl (C=O) groups excluding carboxylic acids is 1. The summed E-state index contributed by atoms with van der Waals surface area (Å²) in [5, 5.41) is 7.70. The molecule has 1 amide bonds. The van der Waals surface area contributed by atoms with Gasteiger partial charge in [0.15, 0.2) is 0 Å². The van der Waals surface area contributed by atoms with Crippen molar-refractivity contribution in [2.45, 2.75) is 33.1 Å². The summed E-state index contributed by atoms with van der Waals surface area (Å²) in [5.41, 5.74) is 3.22. The second kappa shape index (κ2) is 7.34. The Morgan fingerprint density at radius 2 is 2.04 bits per heavy atom. The molecule has 0 aliphatic carbocycles. The maximum Gasteiger partial charge on any atom is 0.251 e. The van der Waals surface area contributed by atoms with Gasteiger partial charge in [0.25, 0.3) is 5.56 Å². The molecule has 0 fully saturated rings. The number of H-pyrrole nitrogens is 1. The summed E-state index contributed by atoms with van der Waals surface area (Å²) in [4.78, 5) is 27.0. The van der Waals surface area contributed by atoms with Gasteiger partial charge in [-0.05, 0) is 43.4 Å². The average molecular weight is 339 g/mol. The molecule has 2 N–H and O–H groups in total. The molecule has 130 valence electrons. The number of pyridine rings is 1. The van der Waals surface area contributed by atoms with Crippen molar-refractivity contribution in [1.82, 2.24) is 15.5 Å². The largest absolute Gasteiger partial charge is 0.361 e. The lowest BCUT2D eigenvalue weighted by atomic mass is 10.1. The topological polar surface area (TPSA) is 88.0 Å². The summed E-state index contributed by atoms with van der Waals surface area (Å²) < 4.78 is 4.98. The molecule has 3 rings (SSSR count). The van der Waals surface area contributed by atoms with Gasteiger partial charge in [-0.1, -0.05) is 17.3 Å². The number of benzene rings is 1. The minimum absolute atomic E-state index is 0.0800. The van der Waals surface area contributed by atoms with Crippen LogP contribution in [-0.2, 0) is 17.6 Å². The van der Waals surface area contributed by atoms with E-state index in [1.807, 2.05) is 44.2 Å². The maximum absolute atomic E-state index is 12.2. The molecular formula is C19H21N3O3. The van der Waals surface area contributed by atoms with Crippen LogP contribution in [0.15, 0.2) is 39.6 Å². The second-order valence-corrected chi connectivity index (χ2v) is 6.24. The van der Waals surface area contributed by atoms with Gasteiger partial charge in [-0.2, -0.15) is 0 Å². The number of carbonyl (C=O) groups is 1. The van der Waals surface area contributed by atoms with E-state index in [0.29, 0.717) is 24.9 Å². The van der Waals surface area contributed by atoms with Crippen molar-refractivity contribution in [1.29, 1.82) is 0 Å². The number of aromatic nitrogens is 2. The van der Waals surface area contributed by atoms with Gasteiger partial charge in [-0.25, -0.2) is 0 Å². The zero-order chi connectivity index (χ0) is 17.8. The molecule has 0 saturated carbocycles. The number of hydrogen-bond donors (Lipinski definition) is 2. The Bertz CT molecular complexity index is 956. The molecule has 0 aliphatic rings. The molecule has 0 atom stereocenters. The Kier molecular flexibility index (Phi) is 4.97. The summed E-state index contributed by atoms with van der Waals surface area (Å²) in [6, 6.07) is 9.63. The smallest absolute Gasteiger partial charge is 0.251 e. The monoisotopic (exact) mass is 339 g/mol. The first-order valence-corrected chi connectivity index (χ1v) is 8.33. The number of nitrogens with zero attached hydrogens (tertiary/aromatic N) is 1. The molecule has 25 heavy (non-hydrogen) atoms. The molecule has 0 bridgehead atoms. The number of rotatable bonds is 6. The van der Waals surface area contributed by atoms with Crippen molar-refractivity contribution < 1.29 is 9.32 Å². The lowest BCUT2D eigenvalue weighted by molar-refractivity contribution is -0.121. The standard InChI is InChI=1S/C19H21N3O3/c1-12-3-4-14-11-15(19(24)21-17(14)9-12)5-6-18(23)20-8-7-16-10-13(2)25-22-16/h3-4,9-11H,5-8H2,1-2H3,(H,20,23)(H,21,24). The van der Waals surface area contributed by atoms with Crippen LogP contribution in [0.4, 0.5) is 0 Å². The first kappa shape index (κ1) is 17.0. The fraction of sp³-hybridized carbons (Fsp3) is 0.316. The van der Waals surface area contributed by atoms with Crippen LogP contribution < -0.4 is 10.9 Å². The minimum atomic E-state index is -0.135. The lowest BCUT2D eigenvalue weighted by Crippen LogP contribution is -2.26. The van der Waals surface area contributed by atoms with E-state index < -0.39 is 0 Å². The minimum Gasteiger partial charge on any atom is -0.361 e. The molecule has 2 heterocycles. The number of aromatic amines is 1. The molecule has 0 unspecified atom stereocenters. The number of hydrogen-bond acceptors (Lipinski definition) is 4. The number of amides is 1. The second-order valence-electron chi connectivity index (χ2n) is 6.24. The molecule has 6 heteroatoms. The Morgan fingerprint density at radius 3 is 2.80 bits per heavy atom. The average Bonchev–Trinajstić information content (AvgIpc) is 2.98. The molecule has 2 aromatic heterocycles. The van der Waals surface area contributed by atoms with Crippen molar-refractivity contribution in [3.8, 4) is 0 Å². The van der Waals surface area contributed by atoms with Crippen LogP contribution in [0.2, 0.25) is 0 Å². The molecule has 0 aliphatic heterocycles. The summed E-state index contributed by atoms with van der Waals surface area (Å²) >= 11 is 0. The van der Waals surface area contributed by atoms with Crippen molar-refractivity contribution in [2.24, 2.45) is 0 Å². The van der Waals surface area contributed by atoms with Gasteiger partial charge >= 0.3 is 0 Å². The molecule has 6 nitrogen and oxygen atoms in total. The van der Waals surface area contributed by atoms with Crippen molar-refractivity contribution >= 4 is 16.8 Å². The van der Waals surface area contributed by atoms with Crippen LogP contribution in [0.25, 0.3) is 10.9 Å². The van der Waals surface area contributed by atoms with Crippen LogP contribution >= 0.6 is 0 Å². The van der Waals surface area contributed by atoms with Crippen LogP contribution in [0.1, 0.15) is 29.0 Å². The maximum atomic E-state index is 12.2. The van der Waals surface area contributed by atoms with Gasteiger partial charge in [0, 0.05) is 36.5 Å². The molecule has 0 saturated heterocycles. The van der Waals surface area contributed by atoms with Crippen molar-refractivity contribution in [3.63, 3.8) is 0 Å². The highest BCUT2D eigenvalue weighted by molar-refractivity contribution is 5.80. The predicted molar refractivity (Wildman–Crippen MR) is 95.6 cm³/mol. The highest BCUT2D eigenvalue weighted by Crippen LogP contribution is 2.13. The van der Waals surface area contributed by atoms with Crippen LogP contribution in [0.5, 0.6) is 0 Å². The van der Waals surface area contributed by atoms with Gasteiger partial charge in [0.2, 0.25) is 5.91 Å². The van der Waals surface area contributed by atoms with Gasteiger partial charge in [-0.3, -0.25) is 9.59 Å². The van der Waals surface area contributed by atoms with E-state index >= 15 is 0 Å². The number of fused-ring (bicyclic) bond motifs is 1.